The molecule has 34 heavy (non-hydrogen) atoms. The number of aliphatic hydroxyl groups is 1. The quantitative estimate of drug-likeness (QED) is 0.246. The van der Waals surface area contributed by atoms with Crippen LogP contribution in [0.1, 0.15) is 43.5 Å². The van der Waals surface area contributed by atoms with Crippen molar-refractivity contribution in [2.24, 2.45) is 0 Å². The van der Waals surface area contributed by atoms with Gasteiger partial charge >= 0.3 is 0 Å². The zero-order valence-corrected chi connectivity index (χ0v) is 21.1. The van der Waals surface area contributed by atoms with Gasteiger partial charge in [-0.3, -0.25) is 14.5 Å². The number of nitrogens with zero attached hydrogens (tertiary/aromatic N) is 1. The van der Waals surface area contributed by atoms with Crippen molar-refractivity contribution in [3.63, 3.8) is 0 Å². The number of ketones is 1. The SMILES string of the molecule is COc1ccc(/C(O)=C2/C(=O)C(=O)N(c3ccc(Br)cc3)C2c2ccccc2)cc1C(C)(C)C. The third-order valence-electron chi connectivity index (χ3n) is 5.95. The third kappa shape index (κ3) is 4.26. The van der Waals surface area contributed by atoms with Gasteiger partial charge in [0, 0.05) is 21.3 Å². The molecular weight excluding hydrogens is 494 g/mol. The number of hydrogen-bond donors (Lipinski definition) is 1. The molecule has 0 radical (unpaired) electrons. The summed E-state index contributed by atoms with van der Waals surface area (Å²) < 4.78 is 6.37. The van der Waals surface area contributed by atoms with Crippen LogP contribution in [0.3, 0.4) is 0 Å². The van der Waals surface area contributed by atoms with Crippen LogP contribution in [-0.2, 0) is 15.0 Å². The molecule has 1 atom stereocenters. The molecule has 1 aliphatic rings. The first-order valence-electron chi connectivity index (χ1n) is 10.9. The van der Waals surface area contributed by atoms with Gasteiger partial charge in [-0.15, -0.1) is 0 Å². The van der Waals surface area contributed by atoms with Crippen molar-refractivity contribution in [2.75, 3.05) is 12.0 Å². The van der Waals surface area contributed by atoms with Gasteiger partial charge in [0.05, 0.1) is 18.7 Å². The van der Waals surface area contributed by atoms with Crippen molar-refractivity contribution in [1.82, 2.24) is 0 Å². The normalized spacial score (nSPS) is 17.8. The zero-order chi connectivity index (χ0) is 24.6. The van der Waals surface area contributed by atoms with Crippen LogP contribution in [0.2, 0.25) is 0 Å². The number of amides is 1. The van der Waals surface area contributed by atoms with Crippen LogP contribution in [-0.4, -0.2) is 23.9 Å². The lowest BCUT2D eigenvalue weighted by Gasteiger charge is -2.26. The summed E-state index contributed by atoms with van der Waals surface area (Å²) in [6.45, 7) is 6.14. The molecule has 1 N–H and O–H groups in total. The van der Waals surface area contributed by atoms with Crippen molar-refractivity contribution in [1.29, 1.82) is 0 Å². The maximum atomic E-state index is 13.3. The maximum absolute atomic E-state index is 13.3. The predicted molar refractivity (Wildman–Crippen MR) is 137 cm³/mol. The van der Waals surface area contributed by atoms with Crippen LogP contribution >= 0.6 is 15.9 Å². The largest absolute Gasteiger partial charge is 0.507 e. The van der Waals surface area contributed by atoms with E-state index in [9.17, 15) is 14.7 Å². The van der Waals surface area contributed by atoms with Gasteiger partial charge in [-0.25, -0.2) is 0 Å². The summed E-state index contributed by atoms with van der Waals surface area (Å²) in [6.07, 6.45) is 0. The van der Waals surface area contributed by atoms with Crippen LogP contribution in [0.15, 0.2) is 82.8 Å². The van der Waals surface area contributed by atoms with Gasteiger partial charge in [-0.2, -0.15) is 0 Å². The minimum Gasteiger partial charge on any atom is -0.507 e. The number of halogens is 1. The Balaban J connectivity index is 1.94. The van der Waals surface area contributed by atoms with Crippen molar-refractivity contribution >= 4 is 39.1 Å². The highest BCUT2D eigenvalue weighted by Crippen LogP contribution is 2.43. The first-order valence-corrected chi connectivity index (χ1v) is 11.7. The highest BCUT2D eigenvalue weighted by atomic mass is 79.9. The Morgan fingerprint density at radius 3 is 2.21 bits per heavy atom. The molecule has 3 aromatic rings. The Hall–Kier alpha value is -3.38. The topological polar surface area (TPSA) is 66.8 Å². The second kappa shape index (κ2) is 9.11. The Kier molecular flexibility index (Phi) is 6.36. The molecule has 1 unspecified atom stereocenters. The molecule has 1 amide bonds. The van der Waals surface area contributed by atoms with E-state index >= 15 is 0 Å². The molecule has 3 aromatic carbocycles. The van der Waals surface area contributed by atoms with E-state index in [1.165, 1.54) is 4.90 Å². The van der Waals surface area contributed by atoms with Crippen molar-refractivity contribution in [3.8, 4) is 5.75 Å². The number of aliphatic hydroxyl groups excluding tert-OH is 1. The fourth-order valence-electron chi connectivity index (χ4n) is 4.25. The molecule has 1 saturated heterocycles. The van der Waals surface area contributed by atoms with Gasteiger partial charge in [0.15, 0.2) is 0 Å². The van der Waals surface area contributed by atoms with E-state index < -0.39 is 17.7 Å². The molecule has 174 valence electrons. The van der Waals surface area contributed by atoms with Gasteiger partial charge in [0.2, 0.25) is 0 Å². The first kappa shape index (κ1) is 23.8. The monoisotopic (exact) mass is 519 g/mol. The summed E-state index contributed by atoms with van der Waals surface area (Å²) in [5.74, 6) is -0.913. The summed E-state index contributed by atoms with van der Waals surface area (Å²) in [4.78, 5) is 28.0. The van der Waals surface area contributed by atoms with Crippen molar-refractivity contribution in [3.05, 3.63) is 99.5 Å². The molecule has 0 spiro atoms. The Bertz CT molecular complexity index is 1270. The molecular formula is C28H26BrNO4. The van der Waals surface area contributed by atoms with Crippen LogP contribution in [0.5, 0.6) is 5.75 Å². The average Bonchev–Trinajstić information content (AvgIpc) is 3.09. The van der Waals surface area contributed by atoms with E-state index in [2.05, 4.69) is 15.9 Å². The lowest BCUT2D eigenvalue weighted by atomic mass is 9.84. The van der Waals surface area contributed by atoms with Gasteiger partial charge in [0.25, 0.3) is 11.7 Å². The molecule has 0 aliphatic carbocycles. The van der Waals surface area contributed by atoms with Gasteiger partial charge in [-0.05, 0) is 53.4 Å². The number of carbonyl (C=O) groups excluding carboxylic acids is 2. The standard InChI is InChI=1S/C28H26BrNO4/c1-28(2,3)21-16-18(10-15-22(21)34-4)25(31)23-24(17-8-6-5-7-9-17)30(27(33)26(23)32)20-13-11-19(29)12-14-20/h5-16,24,31H,1-4H3/b25-23-. The Labute approximate surface area is 207 Å². The van der Waals surface area contributed by atoms with E-state index in [1.54, 1.807) is 31.4 Å². The number of anilines is 1. The molecule has 4 rings (SSSR count). The number of methoxy groups -OCH3 is 1. The van der Waals surface area contributed by atoms with E-state index in [4.69, 9.17) is 4.74 Å². The third-order valence-corrected chi connectivity index (χ3v) is 6.47. The van der Waals surface area contributed by atoms with Gasteiger partial charge < -0.3 is 9.84 Å². The number of Topliss-reactive ketones (excluding diaryl/α,β-unsaturated/α-hetero) is 1. The minimum absolute atomic E-state index is 0.0594. The van der Waals surface area contributed by atoms with E-state index in [0.717, 1.165) is 15.6 Å². The second-order valence-corrected chi connectivity index (χ2v) is 10.1. The van der Waals surface area contributed by atoms with Gasteiger partial charge in [-0.1, -0.05) is 67.0 Å². The fraction of sp³-hybridized carbons (Fsp3) is 0.214. The number of carbonyl (C=O) groups is 2. The zero-order valence-electron chi connectivity index (χ0n) is 19.5. The molecule has 5 nitrogen and oxygen atoms in total. The predicted octanol–water partition coefficient (Wildman–Crippen LogP) is 6.38. The molecule has 1 aliphatic heterocycles. The molecule has 0 bridgehead atoms. The van der Waals surface area contributed by atoms with E-state index in [-0.39, 0.29) is 16.7 Å². The number of ether oxygens (including phenoxy) is 1. The number of rotatable bonds is 4. The molecule has 1 fully saturated rings. The molecule has 6 heteroatoms. The molecule has 0 aromatic heterocycles. The smallest absolute Gasteiger partial charge is 0.300 e. The van der Waals surface area contributed by atoms with Crippen molar-refractivity contribution < 1.29 is 19.4 Å². The summed E-state index contributed by atoms with van der Waals surface area (Å²) in [7, 11) is 1.60. The minimum atomic E-state index is -0.762. The molecule has 0 saturated carbocycles. The van der Waals surface area contributed by atoms with Crippen LogP contribution in [0.25, 0.3) is 5.76 Å². The number of hydrogen-bond acceptors (Lipinski definition) is 4. The summed E-state index contributed by atoms with van der Waals surface area (Å²) in [5.41, 5.74) is 2.45. The first-order chi connectivity index (χ1) is 16.1. The van der Waals surface area contributed by atoms with E-state index in [1.807, 2.05) is 69.3 Å². The van der Waals surface area contributed by atoms with Crippen LogP contribution < -0.4 is 9.64 Å². The summed E-state index contributed by atoms with van der Waals surface area (Å²) >= 11 is 3.41. The average molecular weight is 520 g/mol. The van der Waals surface area contributed by atoms with Crippen LogP contribution in [0, 0.1) is 0 Å². The highest BCUT2D eigenvalue weighted by molar-refractivity contribution is 9.10. The Morgan fingerprint density at radius 1 is 0.971 bits per heavy atom. The maximum Gasteiger partial charge on any atom is 0.300 e. The lowest BCUT2D eigenvalue weighted by Crippen LogP contribution is -2.29. The highest BCUT2D eigenvalue weighted by Gasteiger charge is 2.47. The summed E-state index contributed by atoms with van der Waals surface area (Å²) in [5, 5.41) is 11.4. The molecule has 1 heterocycles. The number of benzene rings is 3. The summed E-state index contributed by atoms with van der Waals surface area (Å²) in [6, 6.07) is 21.0. The van der Waals surface area contributed by atoms with E-state index in [0.29, 0.717) is 17.0 Å². The Morgan fingerprint density at radius 2 is 1.62 bits per heavy atom. The van der Waals surface area contributed by atoms with Crippen molar-refractivity contribution in [2.45, 2.75) is 32.2 Å². The lowest BCUT2D eigenvalue weighted by molar-refractivity contribution is -0.132. The van der Waals surface area contributed by atoms with Gasteiger partial charge in [0.1, 0.15) is 11.5 Å². The second-order valence-electron chi connectivity index (χ2n) is 9.22. The fourth-order valence-corrected chi connectivity index (χ4v) is 4.51. The van der Waals surface area contributed by atoms with Crippen LogP contribution in [0.4, 0.5) is 5.69 Å².